The summed E-state index contributed by atoms with van der Waals surface area (Å²) in [7, 11) is 0. The van der Waals surface area contributed by atoms with Crippen LogP contribution in [0.5, 0.6) is 5.75 Å². The van der Waals surface area contributed by atoms with Gasteiger partial charge in [-0.2, -0.15) is 0 Å². The lowest BCUT2D eigenvalue weighted by atomic mass is 10.2. The van der Waals surface area contributed by atoms with E-state index < -0.39 is 5.25 Å². The number of hydrogen-bond acceptors (Lipinski definition) is 4. The summed E-state index contributed by atoms with van der Waals surface area (Å²) in [6, 6.07) is 25.2. The first-order valence-electron chi connectivity index (χ1n) is 9.76. The second kappa shape index (κ2) is 9.50. The minimum atomic E-state index is -0.430. The molecule has 0 radical (unpaired) electrons. The molecule has 5 nitrogen and oxygen atoms in total. The van der Waals surface area contributed by atoms with Crippen LogP contribution in [0.2, 0.25) is 0 Å². The van der Waals surface area contributed by atoms with Crippen molar-refractivity contribution in [2.24, 2.45) is 0 Å². The van der Waals surface area contributed by atoms with Gasteiger partial charge in [-0.25, -0.2) is 0 Å². The summed E-state index contributed by atoms with van der Waals surface area (Å²) in [4.78, 5) is 25.7. The van der Waals surface area contributed by atoms with E-state index in [0.717, 1.165) is 27.5 Å². The van der Waals surface area contributed by atoms with Crippen LogP contribution in [0, 0.1) is 0 Å². The van der Waals surface area contributed by atoms with Gasteiger partial charge in [0.25, 0.3) is 0 Å². The highest BCUT2D eigenvalue weighted by Crippen LogP contribution is 2.36. The van der Waals surface area contributed by atoms with Crippen LogP contribution < -0.4 is 15.4 Å². The maximum atomic E-state index is 12.4. The molecule has 3 aromatic carbocycles. The number of rotatable bonds is 7. The topological polar surface area (TPSA) is 67.4 Å². The Morgan fingerprint density at radius 1 is 0.967 bits per heavy atom. The van der Waals surface area contributed by atoms with Crippen molar-refractivity contribution in [2.45, 2.75) is 29.7 Å². The van der Waals surface area contributed by atoms with Crippen molar-refractivity contribution in [3.05, 3.63) is 90.0 Å². The SMILES string of the molecule is O=C(CC1Sc2ccccc2NC1=O)NCc1cccc(OCc2ccccc2)c1. The normalized spacial score (nSPS) is 15.1. The number of carbonyl (C=O) groups is 2. The molecule has 0 aromatic heterocycles. The maximum Gasteiger partial charge on any atom is 0.238 e. The summed E-state index contributed by atoms with van der Waals surface area (Å²) in [5.74, 6) is 0.465. The first-order chi connectivity index (χ1) is 14.7. The Kier molecular flexibility index (Phi) is 6.35. The second-order valence-corrected chi connectivity index (χ2v) is 8.24. The van der Waals surface area contributed by atoms with Crippen molar-refractivity contribution in [3.63, 3.8) is 0 Å². The van der Waals surface area contributed by atoms with Crippen LogP contribution in [-0.2, 0) is 22.7 Å². The molecule has 0 spiro atoms. The van der Waals surface area contributed by atoms with Crippen LogP contribution in [0.15, 0.2) is 83.8 Å². The Bertz CT molecular complexity index is 1040. The second-order valence-electron chi connectivity index (χ2n) is 6.99. The summed E-state index contributed by atoms with van der Waals surface area (Å²) in [5, 5.41) is 5.34. The summed E-state index contributed by atoms with van der Waals surface area (Å²) < 4.78 is 5.84. The molecule has 2 N–H and O–H groups in total. The van der Waals surface area contributed by atoms with Gasteiger partial charge in [-0.3, -0.25) is 9.59 Å². The zero-order valence-corrected chi connectivity index (χ0v) is 17.2. The molecule has 152 valence electrons. The zero-order chi connectivity index (χ0) is 20.8. The molecule has 2 amide bonds. The first-order valence-corrected chi connectivity index (χ1v) is 10.6. The molecule has 3 aromatic rings. The number of carbonyl (C=O) groups excluding carboxylic acids is 2. The lowest BCUT2D eigenvalue weighted by Gasteiger charge is -2.23. The van der Waals surface area contributed by atoms with Crippen molar-refractivity contribution in [1.29, 1.82) is 0 Å². The number of fused-ring (bicyclic) bond motifs is 1. The van der Waals surface area contributed by atoms with E-state index in [9.17, 15) is 9.59 Å². The smallest absolute Gasteiger partial charge is 0.238 e. The third-order valence-electron chi connectivity index (χ3n) is 4.71. The van der Waals surface area contributed by atoms with Crippen LogP contribution in [0.1, 0.15) is 17.5 Å². The number of amides is 2. The van der Waals surface area contributed by atoms with Crippen molar-refractivity contribution < 1.29 is 14.3 Å². The molecule has 0 fully saturated rings. The van der Waals surface area contributed by atoms with Crippen molar-refractivity contribution in [2.75, 3.05) is 5.32 Å². The lowest BCUT2D eigenvalue weighted by Crippen LogP contribution is -2.34. The third kappa shape index (κ3) is 5.21. The fraction of sp³-hybridized carbons (Fsp3) is 0.167. The number of benzene rings is 3. The summed E-state index contributed by atoms with van der Waals surface area (Å²) in [5.41, 5.74) is 2.84. The van der Waals surface area contributed by atoms with E-state index in [1.165, 1.54) is 11.8 Å². The van der Waals surface area contributed by atoms with Crippen LogP contribution in [0.3, 0.4) is 0 Å². The fourth-order valence-electron chi connectivity index (χ4n) is 3.15. The van der Waals surface area contributed by atoms with Gasteiger partial charge in [0.15, 0.2) is 0 Å². The van der Waals surface area contributed by atoms with E-state index in [2.05, 4.69) is 10.6 Å². The number of thioether (sulfide) groups is 1. The third-order valence-corrected chi connectivity index (χ3v) is 5.99. The maximum absolute atomic E-state index is 12.4. The van der Waals surface area contributed by atoms with Gasteiger partial charge in [0.2, 0.25) is 11.8 Å². The predicted octanol–water partition coefficient (Wildman–Crippen LogP) is 4.38. The van der Waals surface area contributed by atoms with E-state index in [1.54, 1.807) is 0 Å². The molecule has 4 rings (SSSR count). The van der Waals surface area contributed by atoms with E-state index in [0.29, 0.717) is 13.2 Å². The highest BCUT2D eigenvalue weighted by atomic mass is 32.2. The fourth-order valence-corrected chi connectivity index (χ4v) is 4.26. The van der Waals surface area contributed by atoms with E-state index >= 15 is 0 Å². The number of hydrogen-bond donors (Lipinski definition) is 2. The van der Waals surface area contributed by atoms with Crippen molar-refractivity contribution in [1.82, 2.24) is 5.32 Å². The number of nitrogens with one attached hydrogen (secondary N) is 2. The minimum Gasteiger partial charge on any atom is -0.489 e. The average Bonchev–Trinajstić information content (AvgIpc) is 2.78. The van der Waals surface area contributed by atoms with Gasteiger partial charge in [-0.1, -0.05) is 54.6 Å². The molecule has 1 atom stereocenters. The Morgan fingerprint density at radius 3 is 2.60 bits per heavy atom. The highest BCUT2D eigenvalue weighted by Gasteiger charge is 2.28. The molecule has 0 saturated heterocycles. The highest BCUT2D eigenvalue weighted by molar-refractivity contribution is 8.01. The number of ether oxygens (including phenoxy) is 1. The van der Waals surface area contributed by atoms with E-state index in [4.69, 9.17) is 4.74 Å². The Balaban J connectivity index is 1.28. The lowest BCUT2D eigenvalue weighted by molar-refractivity contribution is -0.124. The molecular formula is C24H22N2O3S. The average molecular weight is 419 g/mol. The Morgan fingerprint density at radius 2 is 1.73 bits per heavy atom. The first kappa shape index (κ1) is 20.0. The largest absolute Gasteiger partial charge is 0.489 e. The van der Waals surface area contributed by atoms with Gasteiger partial charge in [0, 0.05) is 17.9 Å². The Labute approximate surface area is 179 Å². The summed E-state index contributed by atoms with van der Waals surface area (Å²) in [6.45, 7) is 0.878. The molecule has 0 aliphatic carbocycles. The molecular weight excluding hydrogens is 396 g/mol. The molecule has 6 heteroatoms. The summed E-state index contributed by atoms with van der Waals surface area (Å²) >= 11 is 1.43. The van der Waals surface area contributed by atoms with Gasteiger partial charge in [0.1, 0.15) is 12.4 Å². The molecule has 1 heterocycles. The predicted molar refractivity (Wildman–Crippen MR) is 118 cm³/mol. The van der Waals surface area contributed by atoms with E-state index in [-0.39, 0.29) is 18.2 Å². The van der Waals surface area contributed by atoms with Crippen LogP contribution in [-0.4, -0.2) is 17.1 Å². The molecule has 1 aliphatic heterocycles. The van der Waals surface area contributed by atoms with Crippen LogP contribution in [0.25, 0.3) is 0 Å². The van der Waals surface area contributed by atoms with Gasteiger partial charge >= 0.3 is 0 Å². The van der Waals surface area contributed by atoms with Crippen LogP contribution >= 0.6 is 11.8 Å². The molecule has 1 aliphatic rings. The zero-order valence-electron chi connectivity index (χ0n) is 16.3. The van der Waals surface area contributed by atoms with Gasteiger partial charge < -0.3 is 15.4 Å². The van der Waals surface area contributed by atoms with E-state index in [1.807, 2.05) is 78.9 Å². The molecule has 1 unspecified atom stereocenters. The van der Waals surface area contributed by atoms with Gasteiger partial charge in [-0.05, 0) is 35.4 Å². The molecule has 0 saturated carbocycles. The Hall–Kier alpha value is -3.25. The van der Waals surface area contributed by atoms with Gasteiger partial charge in [0.05, 0.1) is 10.9 Å². The van der Waals surface area contributed by atoms with Crippen molar-refractivity contribution >= 4 is 29.3 Å². The standard InChI is InChI=1S/C24H22N2O3S/c27-23(14-22-24(28)26-20-11-4-5-12-21(20)30-22)25-15-18-9-6-10-19(13-18)29-16-17-7-2-1-3-8-17/h1-13,22H,14-16H2,(H,25,27)(H,26,28). The molecule has 0 bridgehead atoms. The number of anilines is 1. The van der Waals surface area contributed by atoms with Crippen molar-refractivity contribution in [3.8, 4) is 5.75 Å². The number of para-hydroxylation sites is 1. The quantitative estimate of drug-likeness (QED) is 0.597. The monoisotopic (exact) mass is 418 g/mol. The summed E-state index contributed by atoms with van der Waals surface area (Å²) in [6.07, 6.45) is 0.134. The minimum absolute atomic E-state index is 0.134. The molecule has 30 heavy (non-hydrogen) atoms. The van der Waals surface area contributed by atoms with Crippen LogP contribution in [0.4, 0.5) is 5.69 Å². The van der Waals surface area contributed by atoms with Gasteiger partial charge in [-0.15, -0.1) is 11.8 Å².